The zero-order valence-corrected chi connectivity index (χ0v) is 14.8. The Bertz CT molecular complexity index is 923. The van der Waals surface area contributed by atoms with Crippen LogP contribution >= 0.6 is 0 Å². The zero-order valence-electron chi connectivity index (χ0n) is 14.8. The highest BCUT2D eigenvalue weighted by molar-refractivity contribution is 6.29. The molecule has 5 heteroatoms. The van der Waals surface area contributed by atoms with Crippen LogP contribution in [0.2, 0.25) is 0 Å². The fraction of sp³-hybridized carbons (Fsp3) is 0.200. The fourth-order valence-electron chi connectivity index (χ4n) is 2.74. The Kier molecular flexibility index (Phi) is 4.57. The molecule has 3 rings (SSSR count). The van der Waals surface area contributed by atoms with Crippen molar-refractivity contribution in [3.63, 3.8) is 0 Å². The van der Waals surface area contributed by atoms with Gasteiger partial charge in [0.05, 0.1) is 5.57 Å². The fourth-order valence-corrected chi connectivity index (χ4v) is 2.74. The molecule has 0 saturated heterocycles. The molecule has 0 aliphatic carbocycles. The van der Waals surface area contributed by atoms with Gasteiger partial charge in [0.25, 0.3) is 0 Å². The number of hydrogen-bond donors (Lipinski definition) is 0. The number of aromatic nitrogens is 1. The highest BCUT2D eigenvalue weighted by Gasteiger charge is 2.25. The van der Waals surface area contributed by atoms with E-state index in [1.807, 2.05) is 63.2 Å². The van der Waals surface area contributed by atoms with Crippen molar-refractivity contribution in [1.82, 2.24) is 9.88 Å². The van der Waals surface area contributed by atoms with Crippen molar-refractivity contribution in [3.05, 3.63) is 70.7 Å². The highest BCUT2D eigenvalue weighted by Crippen LogP contribution is 2.28. The Morgan fingerprint density at radius 2 is 1.80 bits per heavy atom. The summed E-state index contributed by atoms with van der Waals surface area (Å²) in [6, 6.07) is 9.86. The topological polar surface area (TPSA) is 57.9 Å². The van der Waals surface area contributed by atoms with Gasteiger partial charge in [-0.2, -0.15) is 0 Å². The largest absolute Gasteiger partial charge is 0.347 e. The van der Waals surface area contributed by atoms with Crippen LogP contribution in [0.5, 0.6) is 0 Å². The van der Waals surface area contributed by atoms with E-state index in [1.165, 1.54) is 0 Å². The van der Waals surface area contributed by atoms with E-state index in [-0.39, 0.29) is 0 Å². The number of hydrogen-bond acceptors (Lipinski definition) is 5. The molecule has 0 N–H and O–H groups in total. The molecular weight excluding hydrogens is 312 g/mol. The van der Waals surface area contributed by atoms with Crippen LogP contribution in [0.15, 0.2) is 58.4 Å². The molecule has 0 spiro atoms. The van der Waals surface area contributed by atoms with Crippen LogP contribution in [0.4, 0.5) is 0 Å². The van der Waals surface area contributed by atoms with Crippen molar-refractivity contribution < 1.29 is 4.79 Å². The molecule has 2 heterocycles. The number of pyridine rings is 1. The van der Waals surface area contributed by atoms with Gasteiger partial charge in [-0.3, -0.25) is 9.78 Å². The molecule has 1 aromatic heterocycles. The molecule has 0 amide bonds. The van der Waals surface area contributed by atoms with Crippen molar-refractivity contribution in [2.24, 2.45) is 9.98 Å². The summed E-state index contributed by atoms with van der Waals surface area (Å²) in [5.74, 6) is 0.578. The number of benzene rings is 1. The van der Waals surface area contributed by atoms with Crippen LogP contribution in [0.1, 0.15) is 22.3 Å². The van der Waals surface area contributed by atoms with Gasteiger partial charge in [0, 0.05) is 37.6 Å². The molecule has 0 saturated carbocycles. The molecule has 5 nitrogen and oxygen atoms in total. The van der Waals surface area contributed by atoms with Gasteiger partial charge in [0.1, 0.15) is 11.4 Å². The Labute approximate surface area is 147 Å². The number of aldehydes is 1. The van der Waals surface area contributed by atoms with E-state index in [0.717, 1.165) is 28.5 Å². The molecule has 0 unspecified atom stereocenters. The van der Waals surface area contributed by atoms with Crippen molar-refractivity contribution in [1.29, 1.82) is 0 Å². The Hall–Kier alpha value is -3.08. The number of carbonyl (C=O) groups is 1. The summed E-state index contributed by atoms with van der Waals surface area (Å²) in [7, 11) is 3.77. The molecule has 126 valence electrons. The van der Waals surface area contributed by atoms with Crippen LogP contribution in [-0.4, -0.2) is 41.9 Å². The number of aliphatic imine (C=N–C) groups is 2. The molecule has 0 atom stereocenters. The summed E-state index contributed by atoms with van der Waals surface area (Å²) in [6.45, 7) is 3.98. The summed E-state index contributed by atoms with van der Waals surface area (Å²) < 4.78 is 0. The first-order valence-corrected chi connectivity index (χ1v) is 8.04. The van der Waals surface area contributed by atoms with E-state index in [0.29, 0.717) is 22.9 Å². The first kappa shape index (κ1) is 16.8. The highest BCUT2D eigenvalue weighted by atomic mass is 16.1. The molecule has 1 aliphatic rings. The van der Waals surface area contributed by atoms with Gasteiger partial charge in [0.2, 0.25) is 5.96 Å². The quantitative estimate of drug-likeness (QED) is 0.641. The minimum absolute atomic E-state index is 0.504. The number of aryl methyl sites for hydroxylation is 2. The molecule has 2 aromatic rings. The number of rotatable bonds is 3. The summed E-state index contributed by atoms with van der Waals surface area (Å²) in [5.41, 5.74) is 5.61. The van der Waals surface area contributed by atoms with Crippen LogP contribution < -0.4 is 0 Å². The summed E-state index contributed by atoms with van der Waals surface area (Å²) in [4.78, 5) is 27.3. The smallest absolute Gasteiger partial charge is 0.226 e. The Morgan fingerprint density at radius 1 is 1.04 bits per heavy atom. The van der Waals surface area contributed by atoms with E-state index in [1.54, 1.807) is 12.4 Å². The Balaban J connectivity index is 2.27. The normalized spacial score (nSPS) is 15.5. The van der Waals surface area contributed by atoms with Crippen LogP contribution in [0.3, 0.4) is 0 Å². The lowest BCUT2D eigenvalue weighted by molar-refractivity contribution is -0.103. The van der Waals surface area contributed by atoms with Crippen molar-refractivity contribution in [3.8, 4) is 0 Å². The van der Waals surface area contributed by atoms with Crippen molar-refractivity contribution >= 4 is 23.5 Å². The third-order valence-electron chi connectivity index (χ3n) is 4.15. The molecule has 0 fully saturated rings. The predicted molar refractivity (Wildman–Crippen MR) is 101 cm³/mol. The van der Waals surface area contributed by atoms with Gasteiger partial charge >= 0.3 is 0 Å². The van der Waals surface area contributed by atoms with Gasteiger partial charge in [0.15, 0.2) is 6.29 Å². The van der Waals surface area contributed by atoms with Gasteiger partial charge in [-0.15, -0.1) is 0 Å². The van der Waals surface area contributed by atoms with Gasteiger partial charge in [-0.25, -0.2) is 9.98 Å². The molecule has 25 heavy (non-hydrogen) atoms. The molecule has 1 aromatic carbocycles. The van der Waals surface area contributed by atoms with Crippen LogP contribution in [-0.2, 0) is 4.79 Å². The lowest BCUT2D eigenvalue weighted by Crippen LogP contribution is -2.18. The number of guanidine groups is 1. The third-order valence-corrected chi connectivity index (χ3v) is 4.15. The van der Waals surface area contributed by atoms with Crippen LogP contribution in [0.25, 0.3) is 5.57 Å². The molecule has 0 bridgehead atoms. The first-order chi connectivity index (χ1) is 12.0. The average Bonchev–Trinajstić information content (AvgIpc) is 3.03. The Morgan fingerprint density at radius 3 is 2.44 bits per heavy atom. The third kappa shape index (κ3) is 3.13. The van der Waals surface area contributed by atoms with Gasteiger partial charge in [-0.05, 0) is 31.0 Å². The van der Waals surface area contributed by atoms with Gasteiger partial charge < -0.3 is 4.90 Å². The van der Waals surface area contributed by atoms with E-state index in [2.05, 4.69) is 15.0 Å². The lowest BCUT2D eigenvalue weighted by atomic mass is 9.96. The van der Waals surface area contributed by atoms with Gasteiger partial charge in [-0.1, -0.05) is 24.3 Å². The lowest BCUT2D eigenvalue weighted by Gasteiger charge is -2.10. The summed E-state index contributed by atoms with van der Waals surface area (Å²) >= 11 is 0. The standard InChI is InChI=1S/C20H20N4O/c1-13-7-5-6-8-15(13)18-19(23-20(22-18)24(3)4)17(12-25)16-11-21-10-9-14(16)2/h5-12H,1-4H3/b19-17-. The second-order valence-corrected chi connectivity index (χ2v) is 6.15. The van der Waals surface area contributed by atoms with Crippen LogP contribution in [0, 0.1) is 13.8 Å². The number of carbonyl (C=O) groups excluding carboxylic acids is 1. The first-order valence-electron chi connectivity index (χ1n) is 8.04. The number of allylic oxidation sites excluding steroid dienone is 2. The minimum Gasteiger partial charge on any atom is -0.347 e. The maximum Gasteiger partial charge on any atom is 0.226 e. The summed E-state index contributed by atoms with van der Waals surface area (Å²) in [6.07, 6.45) is 4.26. The van der Waals surface area contributed by atoms with E-state index in [4.69, 9.17) is 0 Å². The number of nitrogens with zero attached hydrogens (tertiary/aromatic N) is 4. The van der Waals surface area contributed by atoms with Crippen molar-refractivity contribution in [2.75, 3.05) is 14.1 Å². The SMILES string of the molecule is Cc1ccccc1C1=NC(N(C)C)=N/C1=C(/C=O)c1cnccc1C. The molecule has 0 radical (unpaired) electrons. The second kappa shape index (κ2) is 6.81. The van der Waals surface area contributed by atoms with E-state index in [9.17, 15) is 4.79 Å². The maximum atomic E-state index is 12.0. The molecule has 1 aliphatic heterocycles. The second-order valence-electron chi connectivity index (χ2n) is 6.15. The predicted octanol–water partition coefficient (Wildman–Crippen LogP) is 3.03. The zero-order chi connectivity index (χ0) is 18.0. The van der Waals surface area contributed by atoms with E-state index >= 15 is 0 Å². The van der Waals surface area contributed by atoms with E-state index < -0.39 is 0 Å². The monoisotopic (exact) mass is 332 g/mol. The average molecular weight is 332 g/mol. The summed E-state index contributed by atoms with van der Waals surface area (Å²) in [5, 5.41) is 0. The minimum atomic E-state index is 0.504. The van der Waals surface area contributed by atoms with Crippen molar-refractivity contribution in [2.45, 2.75) is 13.8 Å². The maximum absolute atomic E-state index is 12.0. The molecular formula is C20H20N4O.